The molecule has 78 valence electrons. The molecule has 0 fully saturated rings. The van der Waals surface area contributed by atoms with Crippen molar-refractivity contribution in [3.8, 4) is 0 Å². The third kappa shape index (κ3) is 2.87. The molecule has 1 aromatic heterocycles. The van der Waals surface area contributed by atoms with Gasteiger partial charge in [0, 0.05) is 12.8 Å². The second-order valence-electron chi connectivity index (χ2n) is 3.38. The van der Waals surface area contributed by atoms with Crippen molar-refractivity contribution in [1.82, 2.24) is 4.98 Å². The zero-order chi connectivity index (χ0) is 10.4. The summed E-state index contributed by atoms with van der Waals surface area (Å²) >= 11 is 0. The monoisotopic (exact) mass is 193 g/mol. The number of aromatic nitrogens is 1. The summed E-state index contributed by atoms with van der Waals surface area (Å²) in [4.78, 5) is 13.6. The number of aromatic amines is 1. The number of nitrogens with one attached hydrogen (secondary N) is 1. The molecule has 0 amide bonds. The van der Waals surface area contributed by atoms with Crippen LogP contribution in [0.25, 0.3) is 12.2 Å². The molecule has 2 heteroatoms. The lowest BCUT2D eigenvalue weighted by Gasteiger charge is -1.96. The average Bonchev–Trinajstić information content (AvgIpc) is 2.19. The molecule has 0 radical (unpaired) electrons. The van der Waals surface area contributed by atoms with E-state index in [9.17, 15) is 4.79 Å². The minimum atomic E-state index is -0.0182. The Morgan fingerprint density at radius 2 is 1.93 bits per heavy atom. The Morgan fingerprint density at radius 3 is 2.64 bits per heavy atom. The van der Waals surface area contributed by atoms with Crippen LogP contribution in [0.4, 0.5) is 0 Å². The maximum absolute atomic E-state index is 10.9. The van der Waals surface area contributed by atoms with E-state index in [1.807, 2.05) is 6.07 Å². The Balaban J connectivity index is 0.000000443. The number of hydrogen-bond donors (Lipinski definition) is 1. The lowest BCUT2D eigenvalue weighted by Crippen LogP contribution is -2.34. The summed E-state index contributed by atoms with van der Waals surface area (Å²) in [7, 11) is 0. The van der Waals surface area contributed by atoms with Crippen LogP contribution in [-0.2, 0) is 0 Å². The highest BCUT2D eigenvalue weighted by molar-refractivity contribution is 5.34. The van der Waals surface area contributed by atoms with Gasteiger partial charge in [-0.15, -0.1) is 0 Å². The average molecular weight is 193 g/mol. The number of pyridine rings is 1. The molecule has 0 aromatic carbocycles. The molecule has 1 heterocycles. The summed E-state index contributed by atoms with van der Waals surface area (Å²) in [6.07, 6.45) is 7.58. The predicted octanol–water partition coefficient (Wildman–Crippen LogP) is 1.39. The van der Waals surface area contributed by atoms with E-state index >= 15 is 0 Å². The zero-order valence-corrected chi connectivity index (χ0v) is 8.84. The van der Waals surface area contributed by atoms with Crippen molar-refractivity contribution < 1.29 is 1.43 Å². The van der Waals surface area contributed by atoms with Crippen LogP contribution in [-0.4, -0.2) is 4.98 Å². The van der Waals surface area contributed by atoms with Crippen LogP contribution < -0.4 is 16.1 Å². The van der Waals surface area contributed by atoms with Gasteiger partial charge in [-0.3, -0.25) is 4.79 Å². The number of fused-ring (bicyclic) bond motifs is 1. The molecule has 1 aliphatic rings. The van der Waals surface area contributed by atoms with Crippen molar-refractivity contribution in [2.75, 3.05) is 0 Å². The second kappa shape index (κ2) is 5.43. The van der Waals surface area contributed by atoms with Crippen molar-refractivity contribution in [1.29, 1.82) is 0 Å². The highest BCUT2D eigenvalue weighted by Gasteiger charge is 1.91. The molecule has 0 aliphatic heterocycles. The van der Waals surface area contributed by atoms with Crippen LogP contribution in [0.1, 0.15) is 34.5 Å². The van der Waals surface area contributed by atoms with Gasteiger partial charge in [0.2, 0.25) is 5.56 Å². The van der Waals surface area contributed by atoms with Crippen LogP contribution in [0.3, 0.4) is 0 Å². The molecule has 2 nitrogen and oxygen atoms in total. The fraction of sp³-hybridized carbons (Fsp3) is 0.417. The summed E-state index contributed by atoms with van der Waals surface area (Å²) < 4.78 is 0. The van der Waals surface area contributed by atoms with Crippen molar-refractivity contribution in [3.63, 3.8) is 0 Å². The van der Waals surface area contributed by atoms with Gasteiger partial charge in [-0.05, 0) is 24.1 Å². The molecule has 2 rings (SSSR count). The van der Waals surface area contributed by atoms with E-state index < -0.39 is 0 Å². The minimum absolute atomic E-state index is 0. The maximum atomic E-state index is 10.9. The molecule has 1 N–H and O–H groups in total. The lowest BCUT2D eigenvalue weighted by molar-refractivity contribution is 1.06. The van der Waals surface area contributed by atoms with Crippen LogP contribution in [0.2, 0.25) is 0 Å². The Labute approximate surface area is 85.5 Å². The van der Waals surface area contributed by atoms with Gasteiger partial charge in [-0.1, -0.05) is 32.4 Å². The summed E-state index contributed by atoms with van der Waals surface area (Å²) in [6, 6.07) is 3.43. The molecule has 0 atom stereocenters. The van der Waals surface area contributed by atoms with E-state index in [2.05, 4.69) is 31.0 Å². The SMILES string of the molecule is CCC.O=c1ccc2c([nH]1)=CCCC=2.[HH]. The van der Waals surface area contributed by atoms with Crippen LogP contribution in [0, 0.1) is 0 Å². The van der Waals surface area contributed by atoms with Crippen molar-refractivity contribution >= 4 is 12.2 Å². The first-order chi connectivity index (χ1) is 6.77. The maximum Gasteiger partial charge on any atom is 0.248 e. The van der Waals surface area contributed by atoms with Gasteiger partial charge in [0.15, 0.2) is 0 Å². The number of H-pyrrole nitrogens is 1. The van der Waals surface area contributed by atoms with Crippen molar-refractivity contribution in [2.24, 2.45) is 0 Å². The molecular formula is C12H19NO. The summed E-state index contributed by atoms with van der Waals surface area (Å²) in [5.41, 5.74) is -0.0182. The van der Waals surface area contributed by atoms with Gasteiger partial charge in [0.05, 0.1) is 0 Å². The van der Waals surface area contributed by atoms with Crippen LogP contribution in [0.5, 0.6) is 0 Å². The van der Waals surface area contributed by atoms with Crippen molar-refractivity contribution in [3.05, 3.63) is 33.1 Å². The Kier molecular flexibility index (Phi) is 4.17. The van der Waals surface area contributed by atoms with Gasteiger partial charge in [-0.25, -0.2) is 0 Å². The number of rotatable bonds is 0. The first kappa shape index (κ1) is 10.8. The largest absolute Gasteiger partial charge is 0.322 e. The van der Waals surface area contributed by atoms with Gasteiger partial charge in [-0.2, -0.15) is 0 Å². The molecule has 1 aromatic rings. The standard InChI is InChI=1S/C9H9NO.C3H8.H2/c11-9-6-5-7-3-1-2-4-8(7)10-9;1-3-2;/h3-6H,1-2H2,(H,10,11);3H2,1-2H3;1H. The van der Waals surface area contributed by atoms with Crippen LogP contribution in [0.15, 0.2) is 16.9 Å². The fourth-order valence-electron chi connectivity index (χ4n) is 1.32. The summed E-state index contributed by atoms with van der Waals surface area (Å²) in [6.45, 7) is 4.25. The van der Waals surface area contributed by atoms with E-state index in [0.29, 0.717) is 0 Å². The highest BCUT2D eigenvalue weighted by Crippen LogP contribution is 1.92. The first-order valence-electron chi connectivity index (χ1n) is 5.17. The highest BCUT2D eigenvalue weighted by atomic mass is 16.1. The molecular weight excluding hydrogens is 174 g/mol. The third-order valence-electron chi connectivity index (χ3n) is 1.86. The molecule has 0 unspecified atom stereocenters. The summed E-state index contributed by atoms with van der Waals surface area (Å²) in [5, 5.41) is 2.12. The molecule has 14 heavy (non-hydrogen) atoms. The second-order valence-corrected chi connectivity index (χ2v) is 3.38. The zero-order valence-electron chi connectivity index (χ0n) is 8.84. The van der Waals surface area contributed by atoms with E-state index in [1.165, 1.54) is 6.42 Å². The van der Waals surface area contributed by atoms with E-state index in [1.54, 1.807) is 6.07 Å². The predicted molar refractivity (Wildman–Crippen MR) is 62.6 cm³/mol. The molecule has 0 saturated carbocycles. The van der Waals surface area contributed by atoms with Gasteiger partial charge in [0.25, 0.3) is 0 Å². The van der Waals surface area contributed by atoms with Gasteiger partial charge < -0.3 is 4.98 Å². The minimum Gasteiger partial charge on any atom is -0.322 e. The molecule has 0 spiro atoms. The summed E-state index contributed by atoms with van der Waals surface area (Å²) in [5.74, 6) is 0. The van der Waals surface area contributed by atoms with E-state index in [0.717, 1.165) is 23.4 Å². The van der Waals surface area contributed by atoms with Gasteiger partial charge in [0.1, 0.15) is 0 Å². The number of hydrogen-bond acceptors (Lipinski definition) is 1. The Morgan fingerprint density at radius 1 is 1.29 bits per heavy atom. The molecule has 0 saturated heterocycles. The van der Waals surface area contributed by atoms with Crippen molar-refractivity contribution in [2.45, 2.75) is 33.1 Å². The topological polar surface area (TPSA) is 32.9 Å². The quantitative estimate of drug-likeness (QED) is 0.663. The lowest BCUT2D eigenvalue weighted by atomic mass is 10.1. The van der Waals surface area contributed by atoms with Crippen LogP contribution >= 0.6 is 0 Å². The third-order valence-corrected chi connectivity index (χ3v) is 1.86. The fourth-order valence-corrected chi connectivity index (χ4v) is 1.32. The Bertz CT molecular complexity index is 447. The first-order valence-corrected chi connectivity index (χ1v) is 5.17. The molecule has 0 bridgehead atoms. The molecule has 1 aliphatic carbocycles. The van der Waals surface area contributed by atoms with E-state index in [4.69, 9.17) is 0 Å². The smallest absolute Gasteiger partial charge is 0.248 e. The Hall–Kier alpha value is -1.31. The van der Waals surface area contributed by atoms with Gasteiger partial charge >= 0.3 is 0 Å². The normalized spacial score (nSPS) is 12.7. The van der Waals surface area contributed by atoms with E-state index in [-0.39, 0.29) is 6.99 Å².